The third kappa shape index (κ3) is 4.35. The Labute approximate surface area is 113 Å². The van der Waals surface area contributed by atoms with Crippen LogP contribution in [-0.4, -0.2) is 18.0 Å². The van der Waals surface area contributed by atoms with E-state index in [9.17, 15) is 9.59 Å². The van der Waals surface area contributed by atoms with Crippen molar-refractivity contribution in [2.24, 2.45) is 0 Å². The molecule has 3 amide bonds. The van der Waals surface area contributed by atoms with Gasteiger partial charge in [0.2, 0.25) is 6.54 Å². The number of hydrogen-bond acceptors (Lipinski definition) is 2. The van der Waals surface area contributed by atoms with Crippen LogP contribution in [0.2, 0.25) is 0 Å². The SMILES string of the molecule is Cc1cc[n+](CC(=O)NC(=O)NC2CCCC2)cc1. The molecule has 0 spiro atoms. The first-order chi connectivity index (χ1) is 9.13. The Morgan fingerprint density at radius 1 is 1.26 bits per heavy atom. The molecular formula is C14H20N3O2+. The van der Waals surface area contributed by atoms with E-state index in [2.05, 4.69) is 10.6 Å². The second-order valence-electron chi connectivity index (χ2n) is 5.05. The Morgan fingerprint density at radius 3 is 2.53 bits per heavy atom. The van der Waals surface area contributed by atoms with Crippen LogP contribution in [0.25, 0.3) is 0 Å². The van der Waals surface area contributed by atoms with Crippen molar-refractivity contribution in [2.45, 2.75) is 45.2 Å². The van der Waals surface area contributed by atoms with Crippen molar-refractivity contribution in [3.63, 3.8) is 0 Å². The van der Waals surface area contributed by atoms with Gasteiger partial charge in [-0.1, -0.05) is 12.8 Å². The smallest absolute Gasteiger partial charge is 0.321 e. The number of carbonyl (C=O) groups is 2. The van der Waals surface area contributed by atoms with E-state index in [4.69, 9.17) is 0 Å². The molecule has 0 aromatic carbocycles. The van der Waals surface area contributed by atoms with Gasteiger partial charge in [-0.15, -0.1) is 0 Å². The average Bonchev–Trinajstić information content (AvgIpc) is 2.84. The number of nitrogens with one attached hydrogen (secondary N) is 2. The summed E-state index contributed by atoms with van der Waals surface area (Å²) in [6.07, 6.45) is 7.96. The molecule has 1 aliphatic carbocycles. The summed E-state index contributed by atoms with van der Waals surface area (Å²) in [7, 11) is 0. The highest BCUT2D eigenvalue weighted by atomic mass is 16.2. The highest BCUT2D eigenvalue weighted by Crippen LogP contribution is 2.17. The van der Waals surface area contributed by atoms with Crippen molar-refractivity contribution in [1.82, 2.24) is 10.6 Å². The molecule has 1 heterocycles. The minimum atomic E-state index is -0.385. The van der Waals surface area contributed by atoms with E-state index in [-0.39, 0.29) is 24.5 Å². The molecule has 0 saturated heterocycles. The molecule has 19 heavy (non-hydrogen) atoms. The molecule has 0 bridgehead atoms. The quantitative estimate of drug-likeness (QED) is 0.800. The fourth-order valence-corrected chi connectivity index (χ4v) is 2.26. The standard InChI is InChI=1S/C14H19N3O2/c1-11-6-8-17(9-7-11)10-13(18)16-14(19)15-12-4-2-3-5-12/h6-9,12H,2-5,10H2,1H3,(H-,15,16,18,19)/p+1. The van der Waals surface area contributed by atoms with Crippen LogP contribution >= 0.6 is 0 Å². The number of nitrogens with zero attached hydrogens (tertiary/aromatic N) is 1. The lowest BCUT2D eigenvalue weighted by molar-refractivity contribution is -0.684. The zero-order valence-electron chi connectivity index (χ0n) is 11.2. The maximum atomic E-state index is 11.7. The first kappa shape index (κ1) is 13.5. The number of carbonyl (C=O) groups excluding carboxylic acids is 2. The molecule has 5 nitrogen and oxygen atoms in total. The Kier molecular flexibility index (Phi) is 4.49. The van der Waals surface area contributed by atoms with Crippen LogP contribution in [0.15, 0.2) is 24.5 Å². The largest absolute Gasteiger partial charge is 0.335 e. The second-order valence-corrected chi connectivity index (χ2v) is 5.05. The number of pyridine rings is 1. The zero-order valence-corrected chi connectivity index (χ0v) is 11.2. The van der Waals surface area contributed by atoms with Crippen molar-refractivity contribution < 1.29 is 14.2 Å². The fourth-order valence-electron chi connectivity index (χ4n) is 2.26. The number of urea groups is 1. The van der Waals surface area contributed by atoms with E-state index < -0.39 is 0 Å². The summed E-state index contributed by atoms with van der Waals surface area (Å²) in [5.41, 5.74) is 1.13. The highest BCUT2D eigenvalue weighted by Gasteiger charge is 2.19. The molecule has 0 radical (unpaired) electrons. The fraction of sp³-hybridized carbons (Fsp3) is 0.500. The number of aryl methyl sites for hydroxylation is 1. The van der Waals surface area contributed by atoms with Crippen LogP contribution in [0.3, 0.4) is 0 Å². The molecule has 1 aromatic rings. The van der Waals surface area contributed by atoms with Gasteiger partial charge in [0.1, 0.15) is 0 Å². The molecule has 1 fully saturated rings. The molecule has 5 heteroatoms. The van der Waals surface area contributed by atoms with Gasteiger partial charge in [-0.25, -0.2) is 4.79 Å². The lowest BCUT2D eigenvalue weighted by atomic mass is 10.2. The topological polar surface area (TPSA) is 62.1 Å². The number of aromatic nitrogens is 1. The van der Waals surface area contributed by atoms with E-state index >= 15 is 0 Å². The van der Waals surface area contributed by atoms with Crippen LogP contribution in [0, 0.1) is 6.92 Å². The summed E-state index contributed by atoms with van der Waals surface area (Å²) >= 11 is 0. The Balaban J connectivity index is 1.77. The molecular weight excluding hydrogens is 242 g/mol. The third-order valence-corrected chi connectivity index (χ3v) is 3.33. The molecule has 1 aromatic heterocycles. The number of hydrogen-bond donors (Lipinski definition) is 2. The van der Waals surface area contributed by atoms with E-state index in [1.165, 1.54) is 0 Å². The number of imide groups is 1. The van der Waals surface area contributed by atoms with Crippen molar-refractivity contribution in [2.75, 3.05) is 0 Å². The summed E-state index contributed by atoms with van der Waals surface area (Å²) in [6, 6.07) is 3.68. The van der Waals surface area contributed by atoms with E-state index in [1.807, 2.05) is 31.5 Å². The zero-order chi connectivity index (χ0) is 13.7. The first-order valence-electron chi connectivity index (χ1n) is 6.69. The second kappa shape index (κ2) is 6.31. The van der Waals surface area contributed by atoms with Crippen LogP contribution in [0.5, 0.6) is 0 Å². The third-order valence-electron chi connectivity index (χ3n) is 3.33. The summed E-state index contributed by atoms with van der Waals surface area (Å²) in [5, 5.41) is 5.18. The first-order valence-corrected chi connectivity index (χ1v) is 6.69. The molecule has 0 atom stereocenters. The molecule has 2 N–H and O–H groups in total. The predicted octanol–water partition coefficient (Wildman–Crippen LogP) is 1.05. The van der Waals surface area contributed by atoms with E-state index in [1.54, 1.807) is 4.57 Å². The van der Waals surface area contributed by atoms with Gasteiger partial charge in [0, 0.05) is 18.2 Å². The number of rotatable bonds is 3. The molecule has 2 rings (SSSR count). The summed E-state index contributed by atoms with van der Waals surface area (Å²) in [6.45, 7) is 2.14. The van der Waals surface area contributed by atoms with Crippen LogP contribution in [0.1, 0.15) is 31.2 Å². The molecule has 1 saturated carbocycles. The van der Waals surface area contributed by atoms with Crippen LogP contribution in [-0.2, 0) is 11.3 Å². The Hall–Kier alpha value is -1.91. The molecule has 1 aliphatic rings. The summed E-state index contributed by atoms with van der Waals surface area (Å²) in [5.74, 6) is -0.302. The van der Waals surface area contributed by atoms with Crippen molar-refractivity contribution >= 4 is 11.9 Å². The van der Waals surface area contributed by atoms with Crippen molar-refractivity contribution in [3.05, 3.63) is 30.1 Å². The van der Waals surface area contributed by atoms with Crippen molar-refractivity contribution in [3.8, 4) is 0 Å². The van der Waals surface area contributed by atoms with Gasteiger partial charge in [0.25, 0.3) is 5.91 Å². The minimum absolute atomic E-state index is 0.151. The van der Waals surface area contributed by atoms with Gasteiger partial charge in [-0.3, -0.25) is 10.1 Å². The monoisotopic (exact) mass is 262 g/mol. The van der Waals surface area contributed by atoms with Crippen molar-refractivity contribution in [1.29, 1.82) is 0 Å². The summed E-state index contributed by atoms with van der Waals surface area (Å²) in [4.78, 5) is 23.3. The maximum absolute atomic E-state index is 11.7. The van der Waals surface area contributed by atoms with Gasteiger partial charge < -0.3 is 5.32 Å². The lowest BCUT2D eigenvalue weighted by Crippen LogP contribution is -2.48. The maximum Gasteiger partial charge on any atom is 0.321 e. The van der Waals surface area contributed by atoms with Gasteiger partial charge >= 0.3 is 6.03 Å². The lowest BCUT2D eigenvalue weighted by Gasteiger charge is -2.11. The average molecular weight is 262 g/mol. The predicted molar refractivity (Wildman–Crippen MR) is 70.3 cm³/mol. The number of amides is 3. The van der Waals surface area contributed by atoms with E-state index in [0.717, 1.165) is 31.2 Å². The normalized spacial score (nSPS) is 15.2. The van der Waals surface area contributed by atoms with Crippen LogP contribution < -0.4 is 15.2 Å². The molecule has 0 aliphatic heterocycles. The highest BCUT2D eigenvalue weighted by molar-refractivity contribution is 5.93. The summed E-state index contributed by atoms with van der Waals surface area (Å²) < 4.78 is 1.74. The van der Waals surface area contributed by atoms with Gasteiger partial charge in [-0.2, -0.15) is 4.57 Å². The van der Waals surface area contributed by atoms with E-state index in [0.29, 0.717) is 0 Å². The molecule has 102 valence electrons. The van der Waals surface area contributed by atoms with Gasteiger partial charge in [0.05, 0.1) is 0 Å². The Bertz CT molecular complexity index is 450. The molecule has 0 unspecified atom stereocenters. The van der Waals surface area contributed by atoms with Crippen LogP contribution in [0.4, 0.5) is 4.79 Å². The minimum Gasteiger partial charge on any atom is -0.335 e. The van der Waals surface area contributed by atoms with Gasteiger partial charge in [0.15, 0.2) is 12.4 Å². The van der Waals surface area contributed by atoms with Gasteiger partial charge in [-0.05, 0) is 25.3 Å². The Morgan fingerprint density at radius 2 is 1.89 bits per heavy atom.